The van der Waals surface area contributed by atoms with E-state index in [9.17, 15) is 4.79 Å². The molecule has 1 aliphatic carbocycles. The summed E-state index contributed by atoms with van der Waals surface area (Å²) in [5.74, 6) is 2.59. The lowest BCUT2D eigenvalue weighted by atomic mass is 9.81. The van der Waals surface area contributed by atoms with Gasteiger partial charge >= 0.3 is 0 Å². The van der Waals surface area contributed by atoms with Crippen molar-refractivity contribution in [3.8, 4) is 11.5 Å². The largest absolute Gasteiger partial charge is 0.457 e. The second kappa shape index (κ2) is 6.57. The second-order valence-corrected chi connectivity index (χ2v) is 5.78. The molecule has 0 N–H and O–H groups in total. The van der Waals surface area contributed by atoms with Gasteiger partial charge in [0, 0.05) is 12.8 Å². The number of hydrogen-bond acceptors (Lipinski definition) is 2. The highest BCUT2D eigenvalue weighted by Gasteiger charge is 2.20. The van der Waals surface area contributed by atoms with E-state index in [1.54, 1.807) is 0 Å². The highest BCUT2D eigenvalue weighted by Crippen LogP contribution is 2.30. The first-order chi connectivity index (χ1) is 10.3. The Hall–Kier alpha value is -2.09. The van der Waals surface area contributed by atoms with Crippen molar-refractivity contribution in [3.05, 3.63) is 60.2 Å². The van der Waals surface area contributed by atoms with Crippen LogP contribution in [0.2, 0.25) is 0 Å². The molecule has 0 bridgehead atoms. The molecule has 3 rings (SSSR count). The summed E-state index contributed by atoms with van der Waals surface area (Å²) in [5, 5.41) is 0. The third-order valence-electron chi connectivity index (χ3n) is 4.02. The number of Topliss-reactive ketones (excluding diaryl/α,β-unsaturated/α-hetero) is 1. The Morgan fingerprint density at radius 2 is 1.76 bits per heavy atom. The van der Waals surface area contributed by atoms with E-state index < -0.39 is 0 Å². The molecular weight excluding hydrogens is 260 g/mol. The van der Waals surface area contributed by atoms with Crippen molar-refractivity contribution in [2.24, 2.45) is 5.92 Å². The lowest BCUT2D eigenvalue weighted by Gasteiger charge is -2.24. The van der Waals surface area contributed by atoms with Crippen molar-refractivity contribution in [1.29, 1.82) is 0 Å². The molecule has 2 heteroatoms. The van der Waals surface area contributed by atoms with Crippen LogP contribution in [0.15, 0.2) is 54.6 Å². The summed E-state index contributed by atoms with van der Waals surface area (Å²) in [5.41, 5.74) is 1.03. The van der Waals surface area contributed by atoms with Crippen molar-refractivity contribution in [2.45, 2.75) is 32.1 Å². The molecule has 2 aromatic carbocycles. The maximum absolute atomic E-state index is 12.0. The first-order valence-corrected chi connectivity index (χ1v) is 7.63. The van der Waals surface area contributed by atoms with Crippen LogP contribution in [0.4, 0.5) is 0 Å². The number of ketones is 1. The summed E-state index contributed by atoms with van der Waals surface area (Å²) >= 11 is 0. The Labute approximate surface area is 125 Å². The zero-order valence-electron chi connectivity index (χ0n) is 12.1. The molecule has 0 atom stereocenters. The monoisotopic (exact) mass is 280 g/mol. The standard InChI is InChI=1S/C19H20O2/c20-17(12-15-6-4-7-15)13-16-8-5-11-19(14-16)21-18-9-2-1-3-10-18/h1-3,5,8-11,14-15H,4,6-7,12-13H2. The maximum Gasteiger partial charge on any atom is 0.137 e. The van der Waals surface area contributed by atoms with Crippen LogP contribution in [-0.4, -0.2) is 5.78 Å². The average molecular weight is 280 g/mol. The lowest BCUT2D eigenvalue weighted by molar-refractivity contribution is -0.119. The van der Waals surface area contributed by atoms with Crippen molar-refractivity contribution in [3.63, 3.8) is 0 Å². The van der Waals surface area contributed by atoms with Gasteiger partial charge in [-0.05, 0) is 35.7 Å². The molecule has 0 spiro atoms. The molecule has 0 unspecified atom stereocenters. The van der Waals surface area contributed by atoms with Gasteiger partial charge in [-0.2, -0.15) is 0 Å². The van der Waals surface area contributed by atoms with E-state index in [0.717, 1.165) is 23.5 Å². The van der Waals surface area contributed by atoms with Crippen LogP contribution in [-0.2, 0) is 11.2 Å². The molecule has 0 radical (unpaired) electrons. The average Bonchev–Trinajstić information content (AvgIpc) is 2.44. The molecular formula is C19H20O2. The Morgan fingerprint density at radius 1 is 1.00 bits per heavy atom. The molecule has 0 saturated heterocycles. The Kier molecular flexibility index (Phi) is 4.34. The van der Waals surface area contributed by atoms with E-state index >= 15 is 0 Å². The number of benzene rings is 2. The number of rotatable bonds is 6. The second-order valence-electron chi connectivity index (χ2n) is 5.78. The van der Waals surface area contributed by atoms with E-state index in [4.69, 9.17) is 4.74 Å². The van der Waals surface area contributed by atoms with Crippen LogP contribution in [0.3, 0.4) is 0 Å². The summed E-state index contributed by atoms with van der Waals surface area (Å²) < 4.78 is 5.80. The van der Waals surface area contributed by atoms with E-state index in [1.165, 1.54) is 19.3 Å². The highest BCUT2D eigenvalue weighted by molar-refractivity contribution is 5.81. The Bertz CT molecular complexity index is 600. The van der Waals surface area contributed by atoms with Gasteiger partial charge in [0.05, 0.1) is 0 Å². The zero-order valence-corrected chi connectivity index (χ0v) is 12.1. The third kappa shape index (κ3) is 3.94. The Morgan fingerprint density at radius 3 is 2.48 bits per heavy atom. The van der Waals surface area contributed by atoms with Crippen LogP contribution >= 0.6 is 0 Å². The summed E-state index contributed by atoms with van der Waals surface area (Å²) in [6.45, 7) is 0. The van der Waals surface area contributed by atoms with Crippen LogP contribution < -0.4 is 4.74 Å². The highest BCUT2D eigenvalue weighted by atomic mass is 16.5. The minimum atomic E-state index is 0.344. The normalized spacial score (nSPS) is 14.5. The maximum atomic E-state index is 12.0. The van der Waals surface area contributed by atoms with Crippen molar-refractivity contribution >= 4 is 5.78 Å². The minimum Gasteiger partial charge on any atom is -0.457 e. The van der Waals surface area contributed by atoms with Gasteiger partial charge in [0.1, 0.15) is 17.3 Å². The predicted octanol–water partition coefficient (Wildman–Crippen LogP) is 4.78. The van der Waals surface area contributed by atoms with Crippen molar-refractivity contribution < 1.29 is 9.53 Å². The van der Waals surface area contributed by atoms with Gasteiger partial charge in [-0.1, -0.05) is 49.6 Å². The van der Waals surface area contributed by atoms with Gasteiger partial charge in [0.25, 0.3) is 0 Å². The van der Waals surface area contributed by atoms with E-state index in [2.05, 4.69) is 0 Å². The quantitative estimate of drug-likeness (QED) is 0.761. The van der Waals surface area contributed by atoms with Gasteiger partial charge in [-0.15, -0.1) is 0 Å². The molecule has 108 valence electrons. The van der Waals surface area contributed by atoms with Gasteiger partial charge < -0.3 is 4.74 Å². The molecule has 21 heavy (non-hydrogen) atoms. The summed E-state index contributed by atoms with van der Waals surface area (Å²) in [6.07, 6.45) is 5.00. The fourth-order valence-electron chi connectivity index (χ4n) is 2.66. The van der Waals surface area contributed by atoms with Crippen molar-refractivity contribution in [2.75, 3.05) is 0 Å². The van der Waals surface area contributed by atoms with Crippen molar-refractivity contribution in [1.82, 2.24) is 0 Å². The van der Waals surface area contributed by atoms with E-state index in [0.29, 0.717) is 18.1 Å². The molecule has 1 saturated carbocycles. The Balaban J connectivity index is 1.61. The van der Waals surface area contributed by atoms with Gasteiger partial charge in [-0.25, -0.2) is 0 Å². The smallest absolute Gasteiger partial charge is 0.137 e. The van der Waals surface area contributed by atoms with Crippen LogP contribution in [0.1, 0.15) is 31.2 Å². The van der Waals surface area contributed by atoms with Crippen LogP contribution in [0.25, 0.3) is 0 Å². The fourth-order valence-corrected chi connectivity index (χ4v) is 2.66. The third-order valence-corrected chi connectivity index (χ3v) is 4.02. The number of carbonyl (C=O) groups is 1. The van der Waals surface area contributed by atoms with Crippen LogP contribution in [0, 0.1) is 5.92 Å². The molecule has 0 aliphatic heterocycles. The first kappa shape index (κ1) is 13.9. The molecule has 0 aromatic heterocycles. The molecule has 2 aromatic rings. The predicted molar refractivity (Wildman–Crippen MR) is 83.6 cm³/mol. The molecule has 0 heterocycles. The number of carbonyl (C=O) groups excluding carboxylic acids is 1. The van der Waals surface area contributed by atoms with E-state index in [-0.39, 0.29) is 0 Å². The fraction of sp³-hybridized carbons (Fsp3) is 0.316. The topological polar surface area (TPSA) is 26.3 Å². The summed E-state index contributed by atoms with van der Waals surface area (Å²) in [7, 11) is 0. The zero-order chi connectivity index (χ0) is 14.5. The molecule has 2 nitrogen and oxygen atoms in total. The van der Waals surface area contributed by atoms with Gasteiger partial charge in [0.15, 0.2) is 0 Å². The number of hydrogen-bond donors (Lipinski definition) is 0. The minimum absolute atomic E-state index is 0.344. The molecule has 1 fully saturated rings. The summed E-state index contributed by atoms with van der Waals surface area (Å²) in [6, 6.07) is 17.5. The first-order valence-electron chi connectivity index (χ1n) is 7.63. The SMILES string of the molecule is O=C(Cc1cccc(Oc2ccccc2)c1)CC1CCC1. The molecule has 1 aliphatic rings. The van der Waals surface area contributed by atoms with Gasteiger partial charge in [-0.3, -0.25) is 4.79 Å². The number of para-hydroxylation sites is 1. The molecule has 0 amide bonds. The van der Waals surface area contributed by atoms with Crippen LogP contribution in [0.5, 0.6) is 11.5 Å². The number of ether oxygens (including phenoxy) is 1. The van der Waals surface area contributed by atoms with Gasteiger partial charge in [0.2, 0.25) is 0 Å². The summed E-state index contributed by atoms with van der Waals surface area (Å²) in [4.78, 5) is 12.0. The lowest BCUT2D eigenvalue weighted by Crippen LogP contribution is -2.17. The van der Waals surface area contributed by atoms with E-state index in [1.807, 2.05) is 54.6 Å².